The summed E-state index contributed by atoms with van der Waals surface area (Å²) in [4.78, 5) is 11.2. The van der Waals surface area contributed by atoms with Gasteiger partial charge < -0.3 is 14.2 Å². The molecule has 0 atom stereocenters. The van der Waals surface area contributed by atoms with Gasteiger partial charge in [-0.3, -0.25) is 9.88 Å². The highest BCUT2D eigenvalue weighted by molar-refractivity contribution is 5.33. The van der Waals surface area contributed by atoms with E-state index in [1.165, 1.54) is 5.56 Å². The second-order valence-electron chi connectivity index (χ2n) is 6.58. The Bertz CT molecular complexity index is 696. The zero-order chi connectivity index (χ0) is 18.7. The maximum absolute atomic E-state index is 5.78. The van der Waals surface area contributed by atoms with E-state index in [4.69, 9.17) is 14.2 Å². The summed E-state index contributed by atoms with van der Waals surface area (Å²) in [6.45, 7) is 7.21. The highest BCUT2D eigenvalue weighted by Crippen LogP contribution is 2.20. The van der Waals surface area contributed by atoms with Crippen LogP contribution in [0.25, 0.3) is 0 Å². The van der Waals surface area contributed by atoms with Crippen LogP contribution in [0.5, 0.6) is 11.6 Å². The zero-order valence-electron chi connectivity index (χ0n) is 16.1. The molecule has 0 unspecified atom stereocenters. The quantitative estimate of drug-likeness (QED) is 0.823. The summed E-state index contributed by atoms with van der Waals surface area (Å²) < 4.78 is 17.2. The first-order valence-electron chi connectivity index (χ1n) is 9.79. The van der Waals surface area contributed by atoms with E-state index in [1.54, 1.807) is 6.20 Å². The molecule has 1 aromatic heterocycles. The number of aromatic nitrogens is 2. The molecular weight excluding hydrogens is 342 g/mol. The molecule has 0 saturated heterocycles. The molecule has 2 bridgehead atoms. The maximum Gasteiger partial charge on any atom is 0.232 e. The Balaban J connectivity index is 1.61. The molecule has 0 spiro atoms. The summed E-state index contributed by atoms with van der Waals surface area (Å²) in [5.74, 6) is 1.56. The van der Waals surface area contributed by atoms with Crippen molar-refractivity contribution in [3.63, 3.8) is 0 Å². The van der Waals surface area contributed by atoms with E-state index < -0.39 is 0 Å². The molecular formula is C21H29N3O3. The maximum atomic E-state index is 5.78. The number of rotatable bonds is 4. The predicted octanol–water partition coefficient (Wildman–Crippen LogP) is 3.11. The SMILES string of the molecule is CCOc1ccccc1CN1CCCCc2cncc(n2)OCCOCC1. The van der Waals surface area contributed by atoms with Crippen molar-refractivity contribution in [2.45, 2.75) is 32.7 Å². The highest BCUT2D eigenvalue weighted by Gasteiger charge is 2.11. The average Bonchev–Trinajstić information content (AvgIpc) is 2.69. The van der Waals surface area contributed by atoms with Crippen molar-refractivity contribution in [3.05, 3.63) is 47.9 Å². The van der Waals surface area contributed by atoms with Crippen molar-refractivity contribution in [1.82, 2.24) is 14.9 Å². The van der Waals surface area contributed by atoms with Crippen LogP contribution in [0.15, 0.2) is 36.7 Å². The van der Waals surface area contributed by atoms with Gasteiger partial charge in [0.1, 0.15) is 12.4 Å². The average molecular weight is 371 g/mol. The normalized spacial score (nSPS) is 16.9. The molecule has 2 heterocycles. The molecule has 27 heavy (non-hydrogen) atoms. The Morgan fingerprint density at radius 1 is 1.07 bits per heavy atom. The number of benzene rings is 1. The van der Waals surface area contributed by atoms with Gasteiger partial charge >= 0.3 is 0 Å². The zero-order valence-corrected chi connectivity index (χ0v) is 16.1. The summed E-state index contributed by atoms with van der Waals surface area (Å²) in [6, 6.07) is 8.28. The van der Waals surface area contributed by atoms with Crippen LogP contribution in [0.4, 0.5) is 0 Å². The minimum atomic E-state index is 0.491. The second-order valence-corrected chi connectivity index (χ2v) is 6.58. The summed E-state index contributed by atoms with van der Waals surface area (Å²) in [5, 5.41) is 0. The Morgan fingerprint density at radius 2 is 2.00 bits per heavy atom. The molecule has 0 saturated carbocycles. The van der Waals surface area contributed by atoms with Crippen LogP contribution in [0.2, 0.25) is 0 Å². The molecule has 6 heteroatoms. The smallest absolute Gasteiger partial charge is 0.232 e. The molecule has 146 valence electrons. The van der Waals surface area contributed by atoms with E-state index in [1.807, 2.05) is 25.3 Å². The number of para-hydroxylation sites is 1. The minimum Gasteiger partial charge on any atom is -0.494 e. The standard InChI is InChI=1S/C21H29N3O3/c1-2-26-20-9-4-3-7-18(20)17-24-10-6-5-8-19-15-22-16-21(23-19)27-14-13-25-12-11-24/h3-4,7,9,15-16H,2,5-6,8,10-14,17H2,1H3. The lowest BCUT2D eigenvalue weighted by Gasteiger charge is -2.24. The van der Waals surface area contributed by atoms with Crippen LogP contribution in [-0.4, -0.2) is 54.4 Å². The van der Waals surface area contributed by atoms with Gasteiger partial charge in [-0.15, -0.1) is 0 Å². The third-order valence-electron chi connectivity index (χ3n) is 4.52. The van der Waals surface area contributed by atoms with Crippen molar-refractivity contribution in [1.29, 1.82) is 0 Å². The summed E-state index contributed by atoms with van der Waals surface area (Å²) in [7, 11) is 0. The minimum absolute atomic E-state index is 0.491. The molecule has 1 aromatic carbocycles. The molecule has 3 rings (SSSR count). The van der Waals surface area contributed by atoms with Crippen molar-refractivity contribution < 1.29 is 14.2 Å². The molecule has 1 aliphatic rings. The Labute approximate surface area is 161 Å². The van der Waals surface area contributed by atoms with Gasteiger partial charge in [-0.1, -0.05) is 18.2 Å². The van der Waals surface area contributed by atoms with Crippen LogP contribution in [-0.2, 0) is 17.7 Å². The monoisotopic (exact) mass is 371 g/mol. The van der Waals surface area contributed by atoms with Crippen LogP contribution < -0.4 is 9.47 Å². The fraction of sp³-hybridized carbons (Fsp3) is 0.524. The number of nitrogens with zero attached hydrogens (tertiary/aromatic N) is 3. The first kappa shape index (κ1) is 19.6. The number of aryl methyl sites for hydroxylation is 1. The first-order chi connectivity index (χ1) is 13.3. The number of ether oxygens (including phenoxy) is 3. The van der Waals surface area contributed by atoms with Gasteiger partial charge in [-0.2, -0.15) is 0 Å². The van der Waals surface area contributed by atoms with Gasteiger partial charge in [-0.25, -0.2) is 4.98 Å². The van der Waals surface area contributed by atoms with Crippen molar-refractivity contribution in [2.75, 3.05) is 39.5 Å². The fourth-order valence-corrected chi connectivity index (χ4v) is 3.16. The lowest BCUT2D eigenvalue weighted by Crippen LogP contribution is -2.29. The van der Waals surface area contributed by atoms with Crippen LogP contribution >= 0.6 is 0 Å². The lowest BCUT2D eigenvalue weighted by molar-refractivity contribution is 0.0756. The number of fused-ring (bicyclic) bond motifs is 2. The molecule has 0 radical (unpaired) electrons. The van der Waals surface area contributed by atoms with Crippen LogP contribution in [0.3, 0.4) is 0 Å². The molecule has 0 amide bonds. The van der Waals surface area contributed by atoms with E-state index in [0.717, 1.165) is 50.3 Å². The fourth-order valence-electron chi connectivity index (χ4n) is 3.16. The van der Waals surface area contributed by atoms with Gasteiger partial charge in [0, 0.05) is 24.8 Å². The molecule has 1 aliphatic heterocycles. The van der Waals surface area contributed by atoms with Gasteiger partial charge in [0.05, 0.1) is 31.7 Å². The third kappa shape index (κ3) is 6.48. The number of hydrogen-bond acceptors (Lipinski definition) is 6. The molecule has 0 aliphatic carbocycles. The van der Waals surface area contributed by atoms with Crippen LogP contribution in [0.1, 0.15) is 31.0 Å². The lowest BCUT2D eigenvalue weighted by atomic mass is 10.1. The Morgan fingerprint density at radius 3 is 2.93 bits per heavy atom. The van der Waals surface area contributed by atoms with E-state index in [2.05, 4.69) is 27.0 Å². The van der Waals surface area contributed by atoms with E-state index >= 15 is 0 Å². The Hall–Kier alpha value is -2.18. The predicted molar refractivity (Wildman–Crippen MR) is 104 cm³/mol. The topological polar surface area (TPSA) is 56.7 Å². The molecule has 0 N–H and O–H groups in total. The third-order valence-corrected chi connectivity index (χ3v) is 4.52. The van der Waals surface area contributed by atoms with Crippen molar-refractivity contribution in [3.8, 4) is 11.6 Å². The van der Waals surface area contributed by atoms with Gasteiger partial charge in [0.25, 0.3) is 0 Å². The van der Waals surface area contributed by atoms with Gasteiger partial charge in [-0.05, 0) is 38.8 Å². The molecule has 0 fully saturated rings. The van der Waals surface area contributed by atoms with Crippen LogP contribution in [0, 0.1) is 0 Å². The van der Waals surface area contributed by atoms with E-state index in [0.29, 0.717) is 32.3 Å². The van der Waals surface area contributed by atoms with Crippen molar-refractivity contribution in [2.24, 2.45) is 0 Å². The van der Waals surface area contributed by atoms with E-state index in [-0.39, 0.29) is 0 Å². The highest BCUT2D eigenvalue weighted by atomic mass is 16.5. The molecule has 2 aromatic rings. The largest absolute Gasteiger partial charge is 0.494 e. The first-order valence-corrected chi connectivity index (χ1v) is 9.79. The second kappa shape index (κ2) is 10.8. The summed E-state index contributed by atoms with van der Waals surface area (Å²) in [5.41, 5.74) is 2.21. The summed E-state index contributed by atoms with van der Waals surface area (Å²) >= 11 is 0. The molecule has 6 nitrogen and oxygen atoms in total. The number of hydrogen-bond donors (Lipinski definition) is 0. The Kier molecular flexibility index (Phi) is 7.86. The van der Waals surface area contributed by atoms with Gasteiger partial charge in [0.15, 0.2) is 0 Å². The van der Waals surface area contributed by atoms with E-state index in [9.17, 15) is 0 Å². The van der Waals surface area contributed by atoms with Crippen molar-refractivity contribution >= 4 is 0 Å². The summed E-state index contributed by atoms with van der Waals surface area (Å²) in [6.07, 6.45) is 6.58. The van der Waals surface area contributed by atoms with Gasteiger partial charge in [0.2, 0.25) is 5.88 Å².